The van der Waals surface area contributed by atoms with E-state index in [9.17, 15) is 0 Å². The fourth-order valence-electron chi connectivity index (χ4n) is 1.96. The Morgan fingerprint density at radius 2 is 1.11 bits per heavy atom. The molecule has 0 saturated carbocycles. The smallest absolute Gasteiger partial charge is 0.402 e. The first-order valence-corrected chi connectivity index (χ1v) is 6.49. The third kappa shape index (κ3) is 3.33. The van der Waals surface area contributed by atoms with E-state index in [1.807, 2.05) is 0 Å². The summed E-state index contributed by atoms with van der Waals surface area (Å²) in [5, 5.41) is 26.6. The summed E-state index contributed by atoms with van der Waals surface area (Å²) in [6.45, 7) is 0. The van der Waals surface area contributed by atoms with E-state index in [1.165, 1.54) is 26.0 Å². The first-order valence-electron chi connectivity index (χ1n) is 5.70. The van der Waals surface area contributed by atoms with Crippen LogP contribution in [0.5, 0.6) is 0 Å². The Balaban J connectivity index is 0.000000297. The zero-order chi connectivity index (χ0) is 13.8. The minimum Gasteiger partial charge on any atom is -0.402 e. The molecule has 0 aliphatic carbocycles. The van der Waals surface area contributed by atoms with Crippen LogP contribution in [0, 0.1) is 0 Å². The Hall–Kier alpha value is -1.40. The van der Waals surface area contributed by atoms with Crippen LogP contribution >= 0.6 is 15.9 Å². The van der Waals surface area contributed by atoms with E-state index < -0.39 is 7.32 Å². The van der Waals surface area contributed by atoms with Gasteiger partial charge in [0.25, 0.3) is 0 Å². The van der Waals surface area contributed by atoms with E-state index in [0.717, 1.165) is 0 Å². The van der Waals surface area contributed by atoms with Crippen LogP contribution in [-0.2, 0) is 0 Å². The maximum atomic E-state index is 7.17. The first-order chi connectivity index (χ1) is 9.09. The number of fused-ring (bicyclic) bond motifs is 2. The molecular weight excluding hydrogens is 307 g/mol. The first kappa shape index (κ1) is 14.0. The molecule has 0 radical (unpaired) electrons. The molecule has 0 aliphatic rings. The summed E-state index contributed by atoms with van der Waals surface area (Å²) in [4.78, 5) is 0. The molecule has 3 rings (SSSR count). The Kier molecular flexibility index (Phi) is 4.55. The molecule has 0 amide bonds. The minimum absolute atomic E-state index is 1.19. The van der Waals surface area contributed by atoms with Gasteiger partial charge in [-0.15, -0.1) is 0 Å². The lowest BCUT2D eigenvalue weighted by atomic mass is 10.0. The van der Waals surface area contributed by atoms with Crippen molar-refractivity contribution >= 4 is 44.8 Å². The third-order valence-corrected chi connectivity index (χ3v) is 3.56. The molecule has 0 fully saturated rings. The van der Waals surface area contributed by atoms with Crippen molar-refractivity contribution in [3.05, 3.63) is 59.1 Å². The van der Waals surface area contributed by atoms with Crippen LogP contribution in [0.25, 0.3) is 21.5 Å². The average molecular weight is 319 g/mol. The second kappa shape index (κ2) is 6.17. The summed E-state index contributed by atoms with van der Waals surface area (Å²) in [5.74, 6) is 0. The Bertz CT molecular complexity index is 644. The van der Waals surface area contributed by atoms with Gasteiger partial charge in [0.05, 0.1) is 0 Å². The van der Waals surface area contributed by atoms with Crippen LogP contribution in [0.4, 0.5) is 0 Å². The number of halogens is 1. The van der Waals surface area contributed by atoms with Crippen LogP contribution in [0.1, 0.15) is 0 Å². The van der Waals surface area contributed by atoms with Crippen molar-refractivity contribution in [3.63, 3.8) is 0 Å². The number of hydrogen-bond acceptors (Lipinski definition) is 3. The van der Waals surface area contributed by atoms with E-state index in [1.54, 1.807) is 0 Å². The van der Waals surface area contributed by atoms with E-state index in [-0.39, 0.29) is 0 Å². The topological polar surface area (TPSA) is 60.7 Å². The van der Waals surface area contributed by atoms with Crippen LogP contribution in [0.3, 0.4) is 0 Å². The number of benzene rings is 3. The lowest BCUT2D eigenvalue weighted by Crippen LogP contribution is -2.07. The third-order valence-electron chi connectivity index (χ3n) is 2.71. The van der Waals surface area contributed by atoms with Gasteiger partial charge in [-0.05, 0) is 43.5 Å². The molecule has 0 heterocycles. The lowest BCUT2D eigenvalue weighted by Gasteiger charge is -2.05. The monoisotopic (exact) mass is 318 g/mol. The van der Waals surface area contributed by atoms with Crippen molar-refractivity contribution in [1.29, 1.82) is 0 Å². The van der Waals surface area contributed by atoms with Crippen molar-refractivity contribution < 1.29 is 15.1 Å². The summed E-state index contributed by atoms with van der Waals surface area (Å²) in [6.07, 6.45) is 0. The molecule has 0 aromatic heterocycles. The fraction of sp³-hybridized carbons (Fsp3) is 0. The molecule has 19 heavy (non-hydrogen) atoms. The summed E-state index contributed by atoms with van der Waals surface area (Å²) in [7, 11) is -2.17. The lowest BCUT2D eigenvalue weighted by molar-refractivity contribution is 0.278. The molecule has 0 aliphatic heterocycles. The maximum absolute atomic E-state index is 7.17. The molecule has 0 spiro atoms. The molecule has 3 nitrogen and oxygen atoms in total. The SMILES string of the molecule is Brc1c2ccccc2cc2ccccc12.OB(O)O. The molecule has 0 atom stereocenters. The molecule has 3 N–H and O–H groups in total. The molecule has 3 aromatic rings. The van der Waals surface area contributed by atoms with E-state index in [2.05, 4.69) is 70.5 Å². The highest BCUT2D eigenvalue weighted by Crippen LogP contribution is 2.32. The molecule has 0 unspecified atom stereocenters. The van der Waals surface area contributed by atoms with Gasteiger partial charge in [0, 0.05) is 4.47 Å². The van der Waals surface area contributed by atoms with Gasteiger partial charge in [-0.3, -0.25) is 0 Å². The van der Waals surface area contributed by atoms with Gasteiger partial charge in [0.1, 0.15) is 0 Å². The van der Waals surface area contributed by atoms with Crippen molar-refractivity contribution in [2.75, 3.05) is 0 Å². The van der Waals surface area contributed by atoms with Gasteiger partial charge in [0.2, 0.25) is 0 Å². The van der Waals surface area contributed by atoms with Crippen molar-refractivity contribution in [3.8, 4) is 0 Å². The number of rotatable bonds is 0. The van der Waals surface area contributed by atoms with Crippen molar-refractivity contribution in [1.82, 2.24) is 0 Å². The standard InChI is InChI=1S/C14H9Br.BH3O3/c15-14-12-7-3-1-5-10(12)9-11-6-2-4-8-13(11)14;2-1(3)4/h1-9H;2-4H. The average Bonchev–Trinajstić information content (AvgIpc) is 2.38. The Labute approximate surface area is 119 Å². The number of hydrogen-bond donors (Lipinski definition) is 3. The Morgan fingerprint density at radius 3 is 1.53 bits per heavy atom. The highest BCUT2D eigenvalue weighted by Gasteiger charge is 2.03. The minimum atomic E-state index is -2.17. The van der Waals surface area contributed by atoms with Gasteiger partial charge in [-0.1, -0.05) is 48.5 Å². The van der Waals surface area contributed by atoms with Crippen molar-refractivity contribution in [2.24, 2.45) is 0 Å². The molecular formula is C14H12BBrO3. The van der Waals surface area contributed by atoms with Gasteiger partial charge in [0.15, 0.2) is 0 Å². The second-order valence-corrected chi connectivity index (χ2v) is 4.77. The normalized spacial score (nSPS) is 10.1. The van der Waals surface area contributed by atoms with Crippen LogP contribution in [0.2, 0.25) is 0 Å². The predicted molar refractivity (Wildman–Crippen MR) is 81.6 cm³/mol. The van der Waals surface area contributed by atoms with Gasteiger partial charge in [-0.25, -0.2) is 0 Å². The zero-order valence-electron chi connectivity index (χ0n) is 9.99. The van der Waals surface area contributed by atoms with Crippen LogP contribution < -0.4 is 0 Å². The summed E-state index contributed by atoms with van der Waals surface area (Å²) in [5.41, 5.74) is 0. The quantitative estimate of drug-likeness (QED) is 0.441. The van der Waals surface area contributed by atoms with Gasteiger partial charge >= 0.3 is 7.32 Å². The van der Waals surface area contributed by atoms with E-state index in [0.29, 0.717) is 0 Å². The summed E-state index contributed by atoms with van der Waals surface area (Å²) < 4.78 is 1.19. The zero-order valence-corrected chi connectivity index (χ0v) is 11.6. The van der Waals surface area contributed by atoms with Crippen LogP contribution in [0.15, 0.2) is 59.1 Å². The maximum Gasteiger partial charge on any atom is 0.631 e. The highest BCUT2D eigenvalue weighted by atomic mass is 79.9. The van der Waals surface area contributed by atoms with Gasteiger partial charge in [-0.2, -0.15) is 0 Å². The molecule has 96 valence electrons. The van der Waals surface area contributed by atoms with Gasteiger partial charge < -0.3 is 15.1 Å². The summed E-state index contributed by atoms with van der Waals surface area (Å²) >= 11 is 3.68. The molecule has 3 aromatic carbocycles. The molecule has 5 heteroatoms. The predicted octanol–water partition coefficient (Wildman–Crippen LogP) is 2.70. The van der Waals surface area contributed by atoms with Crippen LogP contribution in [-0.4, -0.2) is 22.4 Å². The summed E-state index contributed by atoms with van der Waals surface area (Å²) in [6, 6.07) is 19.1. The fourth-order valence-corrected chi connectivity index (χ4v) is 2.68. The largest absolute Gasteiger partial charge is 0.631 e. The molecule has 0 bridgehead atoms. The van der Waals surface area contributed by atoms with E-state index >= 15 is 0 Å². The molecule has 0 saturated heterocycles. The van der Waals surface area contributed by atoms with Crippen molar-refractivity contribution in [2.45, 2.75) is 0 Å². The second-order valence-electron chi connectivity index (χ2n) is 3.98. The Morgan fingerprint density at radius 1 is 0.737 bits per heavy atom. The van der Waals surface area contributed by atoms with E-state index in [4.69, 9.17) is 15.1 Å². The highest BCUT2D eigenvalue weighted by molar-refractivity contribution is 9.10.